The highest BCUT2D eigenvalue weighted by atomic mass is 16.4. The lowest BCUT2D eigenvalue weighted by Gasteiger charge is -2.25. The summed E-state index contributed by atoms with van der Waals surface area (Å²) in [6, 6.07) is -0.416. The van der Waals surface area contributed by atoms with Gasteiger partial charge in [-0.05, 0) is 12.8 Å². The second-order valence-corrected chi connectivity index (χ2v) is 3.79. The summed E-state index contributed by atoms with van der Waals surface area (Å²) < 4.78 is 0. The zero-order chi connectivity index (χ0) is 10.4. The smallest absolute Gasteiger partial charge is 0.321 e. The van der Waals surface area contributed by atoms with Crippen molar-refractivity contribution in [3.63, 3.8) is 0 Å². The number of hydrogen-bond acceptors (Lipinski definition) is 3. The molecule has 4 nitrogen and oxygen atoms in total. The maximum Gasteiger partial charge on any atom is 0.321 e. The first-order valence-corrected chi connectivity index (χ1v) is 5.16. The number of aldehydes is 1. The highest BCUT2D eigenvalue weighted by Crippen LogP contribution is 2.18. The first-order chi connectivity index (χ1) is 6.74. The van der Waals surface area contributed by atoms with Gasteiger partial charge in [0.1, 0.15) is 12.3 Å². The molecule has 1 unspecified atom stereocenters. The van der Waals surface area contributed by atoms with E-state index < -0.39 is 12.0 Å². The Labute approximate surface area is 83.7 Å². The fourth-order valence-corrected chi connectivity index (χ4v) is 1.89. The normalized spacial score (nSPS) is 20.3. The minimum atomic E-state index is -0.928. The third kappa shape index (κ3) is 3.46. The molecule has 0 radical (unpaired) electrons. The van der Waals surface area contributed by atoms with E-state index in [0.29, 0.717) is 6.29 Å². The van der Waals surface area contributed by atoms with Gasteiger partial charge in [0.25, 0.3) is 0 Å². The van der Waals surface area contributed by atoms with Crippen molar-refractivity contribution in [3.05, 3.63) is 0 Å². The Balaban J connectivity index is 2.36. The van der Waals surface area contributed by atoms with Gasteiger partial charge in [0.15, 0.2) is 0 Å². The van der Waals surface area contributed by atoms with Crippen LogP contribution in [0.25, 0.3) is 0 Å². The molecule has 0 heterocycles. The van der Waals surface area contributed by atoms with Crippen LogP contribution in [0.4, 0.5) is 0 Å². The molecule has 0 bridgehead atoms. The molecule has 0 aromatic rings. The first kappa shape index (κ1) is 11.2. The summed E-state index contributed by atoms with van der Waals surface area (Å²) in [5.41, 5.74) is 0. The molecule has 1 aliphatic carbocycles. The fourth-order valence-electron chi connectivity index (χ4n) is 1.89. The lowest BCUT2D eigenvalue weighted by atomic mass is 9.94. The molecule has 80 valence electrons. The monoisotopic (exact) mass is 199 g/mol. The Morgan fingerprint density at radius 2 is 2.07 bits per heavy atom. The van der Waals surface area contributed by atoms with Crippen molar-refractivity contribution in [2.24, 2.45) is 0 Å². The lowest BCUT2D eigenvalue weighted by molar-refractivity contribution is -0.140. The highest BCUT2D eigenvalue weighted by Gasteiger charge is 2.22. The van der Waals surface area contributed by atoms with Gasteiger partial charge in [-0.1, -0.05) is 19.3 Å². The Kier molecular flexibility index (Phi) is 4.59. The van der Waals surface area contributed by atoms with Crippen molar-refractivity contribution in [2.45, 2.75) is 50.6 Å². The van der Waals surface area contributed by atoms with Crippen LogP contribution in [0.1, 0.15) is 38.5 Å². The van der Waals surface area contributed by atoms with Crippen LogP contribution in [-0.2, 0) is 9.59 Å². The molecule has 1 rings (SSSR count). The number of carboxylic acid groups (broad SMARTS) is 1. The standard InChI is InChI=1S/C10H17NO3/c12-7-6-9(10(13)14)11-8-4-2-1-3-5-8/h7-9,11H,1-6H2,(H,13,14). The van der Waals surface area contributed by atoms with Crippen molar-refractivity contribution >= 4 is 12.3 Å². The highest BCUT2D eigenvalue weighted by molar-refractivity contribution is 5.76. The van der Waals surface area contributed by atoms with Crippen molar-refractivity contribution in [2.75, 3.05) is 0 Å². The van der Waals surface area contributed by atoms with Gasteiger partial charge in [-0.25, -0.2) is 0 Å². The van der Waals surface area contributed by atoms with E-state index in [-0.39, 0.29) is 12.5 Å². The van der Waals surface area contributed by atoms with Crippen molar-refractivity contribution in [3.8, 4) is 0 Å². The minimum Gasteiger partial charge on any atom is -0.480 e. The number of carbonyl (C=O) groups excluding carboxylic acids is 1. The van der Waals surface area contributed by atoms with Gasteiger partial charge in [0.2, 0.25) is 0 Å². The maximum absolute atomic E-state index is 10.7. The second-order valence-electron chi connectivity index (χ2n) is 3.79. The molecule has 0 aromatic heterocycles. The van der Waals surface area contributed by atoms with Crippen LogP contribution in [-0.4, -0.2) is 29.4 Å². The molecule has 2 N–H and O–H groups in total. The summed E-state index contributed by atoms with van der Waals surface area (Å²) in [7, 11) is 0. The number of nitrogens with one attached hydrogen (secondary N) is 1. The zero-order valence-electron chi connectivity index (χ0n) is 8.24. The largest absolute Gasteiger partial charge is 0.480 e. The molecule has 0 amide bonds. The summed E-state index contributed by atoms with van der Waals surface area (Å²) in [4.78, 5) is 21.0. The molecular formula is C10H17NO3. The van der Waals surface area contributed by atoms with Crippen LogP contribution in [0.15, 0.2) is 0 Å². The predicted molar refractivity (Wildman–Crippen MR) is 52.1 cm³/mol. The summed E-state index contributed by atoms with van der Waals surface area (Å²) in [5, 5.41) is 11.8. The number of carboxylic acids is 1. The molecule has 4 heteroatoms. The van der Waals surface area contributed by atoms with E-state index in [1.807, 2.05) is 0 Å². The van der Waals surface area contributed by atoms with Crippen LogP contribution in [0.3, 0.4) is 0 Å². The Bertz CT molecular complexity index is 200. The van der Waals surface area contributed by atoms with Crippen LogP contribution in [0.5, 0.6) is 0 Å². The van der Waals surface area contributed by atoms with E-state index in [1.54, 1.807) is 0 Å². The third-order valence-electron chi connectivity index (χ3n) is 2.67. The van der Waals surface area contributed by atoms with Crippen LogP contribution < -0.4 is 5.32 Å². The Hall–Kier alpha value is -0.900. The SMILES string of the molecule is O=CCC(NC1CCCCC1)C(=O)O. The maximum atomic E-state index is 10.7. The molecule has 1 aliphatic rings. The molecule has 1 saturated carbocycles. The van der Waals surface area contributed by atoms with Gasteiger partial charge >= 0.3 is 5.97 Å². The van der Waals surface area contributed by atoms with Crippen molar-refractivity contribution < 1.29 is 14.7 Å². The molecule has 1 fully saturated rings. The van der Waals surface area contributed by atoms with Crippen LogP contribution in [0, 0.1) is 0 Å². The topological polar surface area (TPSA) is 66.4 Å². The van der Waals surface area contributed by atoms with Gasteiger partial charge in [-0.2, -0.15) is 0 Å². The summed E-state index contributed by atoms with van der Waals surface area (Å²) in [6.07, 6.45) is 6.34. The zero-order valence-corrected chi connectivity index (χ0v) is 8.24. The summed E-state index contributed by atoms with van der Waals surface area (Å²) >= 11 is 0. The number of hydrogen-bond donors (Lipinski definition) is 2. The lowest BCUT2D eigenvalue weighted by Crippen LogP contribution is -2.44. The van der Waals surface area contributed by atoms with Crippen molar-refractivity contribution in [1.29, 1.82) is 0 Å². The minimum absolute atomic E-state index is 0.0613. The molecular weight excluding hydrogens is 182 g/mol. The molecule has 0 aromatic carbocycles. The van der Waals surface area contributed by atoms with E-state index in [2.05, 4.69) is 5.32 Å². The number of rotatable bonds is 5. The predicted octanol–water partition coefficient (Wildman–Crippen LogP) is 0.951. The van der Waals surface area contributed by atoms with Gasteiger partial charge < -0.3 is 15.2 Å². The van der Waals surface area contributed by atoms with E-state index in [4.69, 9.17) is 5.11 Å². The fraction of sp³-hybridized carbons (Fsp3) is 0.800. The summed E-state index contributed by atoms with van der Waals surface area (Å²) in [6.45, 7) is 0. The Morgan fingerprint density at radius 1 is 1.43 bits per heavy atom. The first-order valence-electron chi connectivity index (χ1n) is 5.16. The molecule has 0 aliphatic heterocycles. The summed E-state index contributed by atoms with van der Waals surface area (Å²) in [5.74, 6) is -0.928. The van der Waals surface area contributed by atoms with Crippen LogP contribution >= 0.6 is 0 Å². The molecule has 0 spiro atoms. The quantitative estimate of drug-likeness (QED) is 0.647. The van der Waals surface area contributed by atoms with E-state index in [0.717, 1.165) is 25.7 Å². The van der Waals surface area contributed by atoms with Gasteiger partial charge in [-0.15, -0.1) is 0 Å². The molecule has 14 heavy (non-hydrogen) atoms. The van der Waals surface area contributed by atoms with Gasteiger partial charge in [0, 0.05) is 12.5 Å². The van der Waals surface area contributed by atoms with Crippen molar-refractivity contribution in [1.82, 2.24) is 5.32 Å². The molecule has 1 atom stereocenters. The average molecular weight is 199 g/mol. The Morgan fingerprint density at radius 3 is 2.57 bits per heavy atom. The second kappa shape index (κ2) is 5.75. The van der Waals surface area contributed by atoms with E-state index in [9.17, 15) is 9.59 Å². The van der Waals surface area contributed by atoms with Gasteiger partial charge in [-0.3, -0.25) is 4.79 Å². The third-order valence-corrected chi connectivity index (χ3v) is 2.67. The molecule has 0 saturated heterocycles. The van der Waals surface area contributed by atoms with E-state index in [1.165, 1.54) is 6.42 Å². The van der Waals surface area contributed by atoms with Crippen LogP contribution in [0.2, 0.25) is 0 Å². The van der Waals surface area contributed by atoms with Gasteiger partial charge in [0.05, 0.1) is 0 Å². The average Bonchev–Trinajstić information content (AvgIpc) is 2.18. The number of carbonyl (C=O) groups is 2. The van der Waals surface area contributed by atoms with E-state index >= 15 is 0 Å². The number of aliphatic carboxylic acids is 1.